The largest absolute Gasteiger partial charge is 0.338 e. The van der Waals surface area contributed by atoms with Crippen LogP contribution in [0, 0.1) is 18.6 Å². The van der Waals surface area contributed by atoms with Crippen molar-refractivity contribution in [3.05, 3.63) is 95.3 Å². The van der Waals surface area contributed by atoms with Gasteiger partial charge >= 0.3 is 0 Å². The molecule has 3 aliphatic heterocycles. The molecule has 3 fully saturated rings. The molecule has 0 aliphatic carbocycles. The van der Waals surface area contributed by atoms with Crippen LogP contribution in [0.2, 0.25) is 0 Å². The van der Waals surface area contributed by atoms with E-state index in [0.29, 0.717) is 50.5 Å². The monoisotopic (exact) mass is 689 g/mol. The summed E-state index contributed by atoms with van der Waals surface area (Å²) in [5.74, 6) is -0.498. The fourth-order valence-electron chi connectivity index (χ4n) is 8.76. The van der Waals surface area contributed by atoms with Crippen molar-refractivity contribution in [1.82, 2.24) is 24.1 Å². The van der Waals surface area contributed by atoms with Crippen molar-refractivity contribution in [3.63, 3.8) is 0 Å². The summed E-state index contributed by atoms with van der Waals surface area (Å²) in [5.41, 5.74) is 2.58. The first kappa shape index (κ1) is 33.8. The van der Waals surface area contributed by atoms with Gasteiger partial charge in [-0.15, -0.1) is 0 Å². The van der Waals surface area contributed by atoms with Crippen molar-refractivity contribution in [2.75, 3.05) is 26.2 Å². The fraction of sp³-hybridized carbons (Fsp3) is 0.474. The fourth-order valence-corrected chi connectivity index (χ4v) is 9.91. The lowest BCUT2D eigenvalue weighted by atomic mass is 9.70. The summed E-state index contributed by atoms with van der Waals surface area (Å²) < 4.78 is 60.0. The Morgan fingerprint density at radius 2 is 1.69 bits per heavy atom. The normalized spacial score (nSPS) is 22.5. The SMILES string of the molecule is CCCNS(=O)(=O)c1ccc(F)c(C(=O)N2CCC(CCN3[C@@H]4CC[C@H]3CC(n3c(C)nc5ccccc53)C4)(c3cccc(F)c3)CC2)c1. The van der Waals surface area contributed by atoms with E-state index in [4.69, 9.17) is 4.98 Å². The molecule has 260 valence electrons. The summed E-state index contributed by atoms with van der Waals surface area (Å²) in [7, 11) is -3.87. The maximum atomic E-state index is 15.0. The number of aryl methyl sites for hydroxylation is 1. The molecular formula is C38H45F2N5O3S. The molecule has 1 unspecified atom stereocenters. The van der Waals surface area contributed by atoms with E-state index in [9.17, 15) is 22.0 Å². The summed E-state index contributed by atoms with van der Waals surface area (Å²) in [6.45, 7) is 5.81. The maximum Gasteiger partial charge on any atom is 0.256 e. The molecule has 4 aromatic rings. The third-order valence-corrected chi connectivity index (χ3v) is 12.8. The topological polar surface area (TPSA) is 87.5 Å². The third kappa shape index (κ3) is 6.53. The van der Waals surface area contributed by atoms with E-state index in [1.165, 1.54) is 17.6 Å². The zero-order chi connectivity index (χ0) is 34.3. The molecule has 3 atom stereocenters. The van der Waals surface area contributed by atoms with Gasteiger partial charge < -0.3 is 9.47 Å². The van der Waals surface area contributed by atoms with E-state index in [0.717, 1.165) is 67.7 Å². The maximum absolute atomic E-state index is 15.0. The Hall–Kier alpha value is -3.67. The molecule has 1 aromatic heterocycles. The van der Waals surface area contributed by atoms with Crippen molar-refractivity contribution in [3.8, 4) is 0 Å². The van der Waals surface area contributed by atoms with Crippen molar-refractivity contribution < 1.29 is 22.0 Å². The van der Waals surface area contributed by atoms with E-state index in [2.05, 4.69) is 39.3 Å². The predicted molar refractivity (Wildman–Crippen MR) is 186 cm³/mol. The van der Waals surface area contributed by atoms with Crippen LogP contribution in [0.5, 0.6) is 0 Å². The van der Waals surface area contributed by atoms with Crippen LogP contribution < -0.4 is 4.72 Å². The van der Waals surface area contributed by atoms with Crippen molar-refractivity contribution in [2.24, 2.45) is 0 Å². The number of hydrogen-bond acceptors (Lipinski definition) is 5. The molecule has 1 amide bonds. The number of halogens is 2. The Morgan fingerprint density at radius 1 is 0.959 bits per heavy atom. The van der Waals surface area contributed by atoms with Gasteiger partial charge in [-0.2, -0.15) is 0 Å². The smallest absolute Gasteiger partial charge is 0.256 e. The van der Waals surface area contributed by atoms with Gasteiger partial charge in [-0.3, -0.25) is 9.69 Å². The van der Waals surface area contributed by atoms with Gasteiger partial charge in [-0.25, -0.2) is 26.9 Å². The number of carbonyl (C=O) groups excluding carboxylic acids is 1. The quantitative estimate of drug-likeness (QED) is 0.199. The number of piperidine rings is 2. The second-order valence-electron chi connectivity index (χ2n) is 14.1. The molecule has 49 heavy (non-hydrogen) atoms. The highest BCUT2D eigenvalue weighted by molar-refractivity contribution is 7.89. The van der Waals surface area contributed by atoms with Crippen LogP contribution >= 0.6 is 0 Å². The second kappa shape index (κ2) is 13.6. The summed E-state index contributed by atoms with van der Waals surface area (Å²) >= 11 is 0. The minimum Gasteiger partial charge on any atom is -0.338 e. The summed E-state index contributed by atoms with van der Waals surface area (Å²) in [6.07, 6.45) is 7.11. The lowest BCUT2D eigenvalue weighted by Crippen LogP contribution is -2.49. The lowest BCUT2D eigenvalue weighted by molar-refractivity contribution is 0.0602. The zero-order valence-corrected chi connectivity index (χ0v) is 29.1. The number of nitrogens with one attached hydrogen (secondary N) is 1. The Bertz CT molecular complexity index is 1940. The third-order valence-electron chi connectivity index (χ3n) is 11.3. The Kier molecular flexibility index (Phi) is 9.36. The van der Waals surface area contributed by atoms with Gasteiger partial charge in [0.15, 0.2) is 0 Å². The highest BCUT2D eigenvalue weighted by Gasteiger charge is 2.44. The first-order valence-electron chi connectivity index (χ1n) is 17.6. The molecule has 0 spiro atoms. The average Bonchev–Trinajstić information content (AvgIpc) is 3.56. The number of likely N-dealkylation sites (tertiary alicyclic amines) is 1. The molecule has 0 saturated carbocycles. The van der Waals surface area contributed by atoms with E-state index in [-0.39, 0.29) is 28.2 Å². The number of rotatable bonds is 10. The van der Waals surface area contributed by atoms with Crippen molar-refractivity contribution >= 4 is 27.0 Å². The molecule has 3 saturated heterocycles. The molecule has 11 heteroatoms. The Labute approximate surface area is 287 Å². The minimum absolute atomic E-state index is 0.133. The number of fused-ring (bicyclic) bond motifs is 3. The molecule has 4 heterocycles. The number of imidazole rings is 1. The number of para-hydroxylation sites is 2. The average molecular weight is 690 g/mol. The molecule has 8 nitrogen and oxygen atoms in total. The highest BCUT2D eigenvalue weighted by Crippen LogP contribution is 2.45. The van der Waals surface area contributed by atoms with Crippen LogP contribution in [0.25, 0.3) is 11.0 Å². The molecule has 1 N–H and O–H groups in total. The number of nitrogens with zero attached hydrogens (tertiary/aromatic N) is 4. The van der Waals surface area contributed by atoms with E-state index >= 15 is 0 Å². The van der Waals surface area contributed by atoms with Crippen LogP contribution in [-0.2, 0) is 15.4 Å². The standard InChI is InChI=1S/C38H45F2N5O3S/c1-3-18-41-49(47,48)32-13-14-34(40)33(25-32)37(46)43-19-15-38(16-20-43,27-7-6-8-28(39)22-27)17-21-44-29-11-12-30(44)24-31(23-29)45-26(2)42-35-9-4-5-10-36(35)45/h4-10,13-14,22,25,29-31,41H,3,11-12,15-21,23-24H2,1-2H3/t29-,30+,31?. The predicted octanol–water partition coefficient (Wildman–Crippen LogP) is 6.74. The number of benzene rings is 3. The first-order chi connectivity index (χ1) is 23.6. The van der Waals surface area contributed by atoms with Gasteiger partial charge in [-0.05, 0) is 118 Å². The van der Waals surface area contributed by atoms with E-state index in [1.54, 1.807) is 17.0 Å². The minimum atomic E-state index is -3.87. The number of aromatic nitrogens is 2. The lowest BCUT2D eigenvalue weighted by Gasteiger charge is -2.45. The van der Waals surface area contributed by atoms with Crippen LogP contribution in [-0.4, -0.2) is 71.9 Å². The molecular weight excluding hydrogens is 645 g/mol. The van der Waals surface area contributed by atoms with Gasteiger partial charge in [0.05, 0.1) is 21.5 Å². The summed E-state index contributed by atoms with van der Waals surface area (Å²) in [6, 6.07) is 19.9. The van der Waals surface area contributed by atoms with Gasteiger partial charge in [0, 0.05) is 37.8 Å². The van der Waals surface area contributed by atoms with Crippen LogP contribution in [0.4, 0.5) is 8.78 Å². The van der Waals surface area contributed by atoms with E-state index in [1.807, 2.05) is 19.1 Å². The molecule has 3 aliphatic rings. The molecule has 0 radical (unpaired) electrons. The van der Waals surface area contributed by atoms with Gasteiger partial charge in [-0.1, -0.05) is 31.2 Å². The number of hydrogen-bond donors (Lipinski definition) is 1. The van der Waals surface area contributed by atoms with Gasteiger partial charge in [0.1, 0.15) is 17.5 Å². The summed E-state index contributed by atoms with van der Waals surface area (Å²) in [4.78, 5) is 22.6. The zero-order valence-electron chi connectivity index (χ0n) is 28.2. The van der Waals surface area contributed by atoms with Crippen LogP contribution in [0.1, 0.15) is 86.1 Å². The molecule has 2 bridgehead atoms. The first-order valence-corrected chi connectivity index (χ1v) is 19.1. The Morgan fingerprint density at radius 3 is 2.41 bits per heavy atom. The van der Waals surface area contributed by atoms with Gasteiger partial charge in [0.2, 0.25) is 10.0 Å². The highest BCUT2D eigenvalue weighted by atomic mass is 32.2. The van der Waals surface area contributed by atoms with Crippen LogP contribution in [0.15, 0.2) is 71.6 Å². The number of sulfonamides is 1. The van der Waals surface area contributed by atoms with Crippen molar-refractivity contribution in [1.29, 1.82) is 0 Å². The Balaban J connectivity index is 1.07. The summed E-state index contributed by atoms with van der Waals surface area (Å²) in [5, 5.41) is 0. The van der Waals surface area contributed by atoms with E-state index < -0.39 is 21.7 Å². The van der Waals surface area contributed by atoms with Gasteiger partial charge in [0.25, 0.3) is 5.91 Å². The van der Waals surface area contributed by atoms with Crippen LogP contribution in [0.3, 0.4) is 0 Å². The molecule has 3 aromatic carbocycles. The second-order valence-corrected chi connectivity index (χ2v) is 15.9. The number of amides is 1. The molecule has 7 rings (SSSR count). The van der Waals surface area contributed by atoms with Crippen molar-refractivity contribution in [2.45, 2.75) is 93.7 Å². The number of carbonyl (C=O) groups is 1.